The number of hydrogen-bond acceptors (Lipinski definition) is 9. The molecular formula is C32H41N5O8S. The summed E-state index contributed by atoms with van der Waals surface area (Å²) in [4.78, 5) is 59.7. The van der Waals surface area contributed by atoms with E-state index in [1.807, 2.05) is 30.3 Å². The molecule has 5 atom stereocenters. The Labute approximate surface area is 268 Å². The Balaban J connectivity index is 1.43. The summed E-state index contributed by atoms with van der Waals surface area (Å²) in [6.45, 7) is 10.9. The van der Waals surface area contributed by atoms with E-state index in [1.54, 1.807) is 33.9 Å². The maximum atomic E-state index is 14.2. The molecule has 248 valence electrons. The van der Waals surface area contributed by atoms with Crippen molar-refractivity contribution in [3.63, 3.8) is 0 Å². The maximum Gasteiger partial charge on any atom is 0.407 e. The van der Waals surface area contributed by atoms with E-state index in [0.717, 1.165) is 10.8 Å². The maximum absolute atomic E-state index is 14.2. The first-order valence-corrected chi connectivity index (χ1v) is 17.0. The normalized spacial score (nSPS) is 24.9. The Morgan fingerprint density at radius 1 is 1.17 bits per heavy atom. The van der Waals surface area contributed by atoms with Crippen LogP contribution >= 0.6 is 0 Å². The number of nitrogens with one attached hydrogen (secondary N) is 3. The molecule has 13 nitrogen and oxygen atoms in total. The number of rotatable bonds is 11. The Morgan fingerprint density at radius 3 is 2.52 bits per heavy atom. The van der Waals surface area contributed by atoms with Crippen LogP contribution in [0.4, 0.5) is 4.79 Å². The quantitative estimate of drug-likeness (QED) is 0.307. The van der Waals surface area contributed by atoms with Gasteiger partial charge in [-0.3, -0.25) is 19.1 Å². The van der Waals surface area contributed by atoms with Gasteiger partial charge < -0.3 is 25.0 Å². The van der Waals surface area contributed by atoms with Gasteiger partial charge in [0.05, 0.1) is 11.8 Å². The smallest absolute Gasteiger partial charge is 0.407 e. The largest absolute Gasteiger partial charge is 0.472 e. The number of alkyl carbamates (subject to hydrolysis) is 1. The molecule has 0 radical (unpaired) electrons. The lowest BCUT2D eigenvalue weighted by Crippen LogP contribution is -2.58. The number of nitrogens with zero attached hydrogens (tertiary/aromatic N) is 2. The van der Waals surface area contributed by atoms with Gasteiger partial charge in [0.25, 0.3) is 11.8 Å². The van der Waals surface area contributed by atoms with E-state index in [-0.39, 0.29) is 25.9 Å². The number of carbonyl (C=O) groups excluding carboxylic acids is 4. The molecule has 5 rings (SSSR count). The highest BCUT2D eigenvalue weighted by Gasteiger charge is 2.62. The SMILES string of the molecule is C=C[C@@H]1C[C@]1(NC(=O)[C@@H]1C[C@@H](Oc2nccc3ccccc23)CN1C(=O)[C@@H](OC(=O)NCC)C(C)(C)C)C(=O)NS(=O)(=O)C1CC1. The monoisotopic (exact) mass is 655 g/mol. The minimum atomic E-state index is -3.88. The molecule has 46 heavy (non-hydrogen) atoms. The van der Waals surface area contributed by atoms with E-state index >= 15 is 0 Å². The summed E-state index contributed by atoms with van der Waals surface area (Å²) in [5, 5.41) is 6.31. The third kappa shape index (κ3) is 6.81. The highest BCUT2D eigenvalue weighted by Crippen LogP contribution is 2.45. The number of carbonyl (C=O) groups is 4. The number of aromatic nitrogens is 1. The van der Waals surface area contributed by atoms with Crippen LogP contribution in [0.25, 0.3) is 10.8 Å². The molecule has 2 aliphatic carbocycles. The second kappa shape index (κ2) is 12.5. The van der Waals surface area contributed by atoms with E-state index < -0.39 is 74.2 Å². The Hall–Kier alpha value is -4.20. The highest BCUT2D eigenvalue weighted by atomic mass is 32.2. The molecule has 3 N–H and O–H groups in total. The third-order valence-corrected chi connectivity index (χ3v) is 10.4. The lowest BCUT2D eigenvalue weighted by molar-refractivity contribution is -0.150. The molecule has 2 heterocycles. The standard InChI is InChI=1S/C32H41N5O8S/c1-6-20-17-32(20,29(40)36-46(42,43)22-12-13-22)35-26(38)24-16-21(44-27-23-11-9-8-10-19(23)14-15-34-27)18-37(24)28(39)25(31(3,4)5)45-30(41)33-7-2/h6,8-11,14-15,20-22,24-25H,1,7,12-13,16-18H2,2-5H3,(H,33,41)(H,35,38)(H,36,40)/t20-,21-,24+,25-,32-/m1/s1. The number of benzene rings is 1. The van der Waals surface area contributed by atoms with Crippen LogP contribution in [0.1, 0.15) is 53.4 Å². The summed E-state index contributed by atoms with van der Waals surface area (Å²) in [6, 6.07) is 8.22. The molecule has 0 bridgehead atoms. The van der Waals surface area contributed by atoms with E-state index in [4.69, 9.17) is 9.47 Å². The van der Waals surface area contributed by atoms with Crippen molar-refractivity contribution in [2.45, 2.75) is 82.4 Å². The van der Waals surface area contributed by atoms with Gasteiger partial charge in [0, 0.05) is 35.9 Å². The summed E-state index contributed by atoms with van der Waals surface area (Å²) in [7, 11) is -3.88. The molecule has 0 unspecified atom stereocenters. The minimum absolute atomic E-state index is 0.0344. The van der Waals surface area contributed by atoms with Crippen LogP contribution in [-0.4, -0.2) is 84.2 Å². The lowest BCUT2D eigenvalue weighted by atomic mass is 9.88. The summed E-state index contributed by atoms with van der Waals surface area (Å²) in [5.41, 5.74) is -2.38. The van der Waals surface area contributed by atoms with Gasteiger partial charge in [-0.15, -0.1) is 6.58 Å². The minimum Gasteiger partial charge on any atom is -0.472 e. The number of sulfonamides is 1. The zero-order valence-electron chi connectivity index (χ0n) is 26.4. The lowest BCUT2D eigenvalue weighted by Gasteiger charge is -2.34. The number of amides is 4. The predicted octanol–water partition coefficient (Wildman–Crippen LogP) is 2.41. The summed E-state index contributed by atoms with van der Waals surface area (Å²) < 4.78 is 39.1. The first-order valence-electron chi connectivity index (χ1n) is 15.5. The van der Waals surface area contributed by atoms with Gasteiger partial charge in [-0.05, 0) is 43.7 Å². The second-order valence-electron chi connectivity index (χ2n) is 13.2. The van der Waals surface area contributed by atoms with Gasteiger partial charge in [-0.25, -0.2) is 18.2 Å². The van der Waals surface area contributed by atoms with Crippen LogP contribution < -0.4 is 20.1 Å². The molecule has 3 aliphatic rings. The van der Waals surface area contributed by atoms with Crippen LogP contribution in [0.15, 0.2) is 49.2 Å². The molecule has 0 spiro atoms. The molecule has 2 saturated carbocycles. The highest BCUT2D eigenvalue weighted by molar-refractivity contribution is 7.91. The average Bonchev–Trinajstić information content (AvgIpc) is 3.92. The molecular weight excluding hydrogens is 614 g/mol. The molecule has 14 heteroatoms. The average molecular weight is 656 g/mol. The van der Waals surface area contributed by atoms with Crippen molar-refractivity contribution in [1.82, 2.24) is 25.2 Å². The number of fused-ring (bicyclic) bond motifs is 1. The molecule has 3 fully saturated rings. The van der Waals surface area contributed by atoms with Crippen molar-refractivity contribution >= 4 is 44.6 Å². The Kier molecular flexibility index (Phi) is 9.04. The Morgan fingerprint density at radius 2 is 1.89 bits per heavy atom. The summed E-state index contributed by atoms with van der Waals surface area (Å²) in [6.07, 6.45) is 1.51. The molecule has 1 saturated heterocycles. The van der Waals surface area contributed by atoms with Crippen molar-refractivity contribution in [2.75, 3.05) is 13.1 Å². The van der Waals surface area contributed by atoms with Gasteiger partial charge in [-0.1, -0.05) is 45.0 Å². The zero-order valence-corrected chi connectivity index (χ0v) is 27.3. The molecule has 4 amide bonds. The van der Waals surface area contributed by atoms with Crippen LogP contribution in [0, 0.1) is 11.3 Å². The molecule has 1 aromatic carbocycles. The van der Waals surface area contributed by atoms with Crippen LogP contribution in [0.3, 0.4) is 0 Å². The Bertz CT molecular complexity index is 1650. The van der Waals surface area contributed by atoms with Gasteiger partial charge in [0.15, 0.2) is 6.10 Å². The van der Waals surface area contributed by atoms with Gasteiger partial charge in [0.1, 0.15) is 17.7 Å². The topological polar surface area (TPSA) is 173 Å². The number of likely N-dealkylation sites (tertiary alicyclic amines) is 1. The van der Waals surface area contributed by atoms with E-state index in [0.29, 0.717) is 18.7 Å². The number of ether oxygens (including phenoxy) is 2. The number of pyridine rings is 1. The second-order valence-corrected chi connectivity index (χ2v) is 15.1. The van der Waals surface area contributed by atoms with Gasteiger partial charge in [0.2, 0.25) is 21.8 Å². The number of hydrogen-bond donors (Lipinski definition) is 3. The van der Waals surface area contributed by atoms with Crippen molar-refractivity contribution in [2.24, 2.45) is 11.3 Å². The summed E-state index contributed by atoms with van der Waals surface area (Å²) >= 11 is 0. The first-order chi connectivity index (χ1) is 21.7. The van der Waals surface area contributed by atoms with E-state index in [9.17, 15) is 27.6 Å². The van der Waals surface area contributed by atoms with E-state index in [2.05, 4.69) is 26.9 Å². The van der Waals surface area contributed by atoms with Crippen LogP contribution in [-0.2, 0) is 29.1 Å². The van der Waals surface area contributed by atoms with Gasteiger partial charge >= 0.3 is 6.09 Å². The molecule has 2 aromatic rings. The fourth-order valence-corrected chi connectivity index (χ4v) is 7.14. The van der Waals surface area contributed by atoms with Crippen molar-refractivity contribution < 1.29 is 37.1 Å². The predicted molar refractivity (Wildman–Crippen MR) is 169 cm³/mol. The molecule has 1 aliphatic heterocycles. The van der Waals surface area contributed by atoms with Crippen molar-refractivity contribution in [3.8, 4) is 5.88 Å². The van der Waals surface area contributed by atoms with E-state index in [1.165, 1.54) is 11.0 Å². The molecule has 1 aromatic heterocycles. The van der Waals surface area contributed by atoms with Crippen molar-refractivity contribution in [3.05, 3.63) is 49.2 Å². The van der Waals surface area contributed by atoms with Crippen LogP contribution in [0.2, 0.25) is 0 Å². The zero-order chi connectivity index (χ0) is 33.4. The fourth-order valence-electron chi connectivity index (χ4n) is 5.78. The van der Waals surface area contributed by atoms with Gasteiger partial charge in [-0.2, -0.15) is 0 Å². The third-order valence-electron chi connectivity index (χ3n) is 8.57. The van der Waals surface area contributed by atoms with Crippen LogP contribution in [0.5, 0.6) is 5.88 Å². The van der Waals surface area contributed by atoms with Crippen molar-refractivity contribution in [1.29, 1.82) is 0 Å². The summed E-state index contributed by atoms with van der Waals surface area (Å²) in [5.74, 6) is -2.29. The first kappa shape index (κ1) is 33.2. The fraction of sp³-hybridized carbons (Fsp3) is 0.531.